The van der Waals surface area contributed by atoms with E-state index in [1.165, 1.54) is 12.8 Å². The molecule has 3 rings (SSSR count). The lowest BCUT2D eigenvalue weighted by Gasteiger charge is -2.11. The summed E-state index contributed by atoms with van der Waals surface area (Å²) in [6, 6.07) is 8.70. The van der Waals surface area contributed by atoms with Crippen molar-refractivity contribution in [3.05, 3.63) is 36.2 Å². The summed E-state index contributed by atoms with van der Waals surface area (Å²) in [5.74, 6) is 0. The van der Waals surface area contributed by atoms with Gasteiger partial charge in [0.15, 0.2) is 0 Å². The van der Waals surface area contributed by atoms with E-state index in [0.717, 1.165) is 30.2 Å². The summed E-state index contributed by atoms with van der Waals surface area (Å²) in [6.07, 6.45) is 4.26. The van der Waals surface area contributed by atoms with Gasteiger partial charge in [-0.1, -0.05) is 6.07 Å². The topological polar surface area (TPSA) is 42.7 Å². The second kappa shape index (κ2) is 4.90. The molecule has 1 atom stereocenters. The quantitative estimate of drug-likeness (QED) is 0.898. The fourth-order valence-electron chi connectivity index (χ4n) is 2.53. The molecule has 1 aliphatic heterocycles. The zero-order chi connectivity index (χ0) is 12.4. The highest BCUT2D eigenvalue weighted by atomic mass is 15.3. The van der Waals surface area contributed by atoms with Crippen LogP contribution >= 0.6 is 0 Å². The Labute approximate surface area is 107 Å². The molecule has 0 aromatic carbocycles. The molecule has 0 bridgehead atoms. The van der Waals surface area contributed by atoms with Crippen LogP contribution in [0.2, 0.25) is 0 Å². The molecule has 1 saturated heterocycles. The Kier molecular flexibility index (Phi) is 3.11. The van der Waals surface area contributed by atoms with Crippen LogP contribution < -0.4 is 5.32 Å². The normalized spacial score (nSPS) is 19.3. The highest BCUT2D eigenvalue weighted by Crippen LogP contribution is 2.24. The lowest BCUT2D eigenvalue weighted by Crippen LogP contribution is -2.14. The van der Waals surface area contributed by atoms with Gasteiger partial charge >= 0.3 is 0 Å². The lowest BCUT2D eigenvalue weighted by atomic mass is 10.1. The maximum atomic E-state index is 4.78. The molecule has 18 heavy (non-hydrogen) atoms. The van der Waals surface area contributed by atoms with Gasteiger partial charge in [0, 0.05) is 18.8 Å². The predicted octanol–water partition coefficient (Wildman–Crippen LogP) is 2.39. The van der Waals surface area contributed by atoms with E-state index < -0.39 is 0 Å². The summed E-state index contributed by atoms with van der Waals surface area (Å²) in [6.45, 7) is 4.07. The molecule has 1 fully saturated rings. The minimum absolute atomic E-state index is 0.419. The number of nitrogens with one attached hydrogen (secondary N) is 1. The van der Waals surface area contributed by atoms with Crippen molar-refractivity contribution in [1.82, 2.24) is 20.1 Å². The average Bonchev–Trinajstić information content (AvgIpc) is 3.10. The number of nitrogens with zero attached hydrogens (tertiary/aromatic N) is 3. The molecular formula is C14H18N4. The molecule has 0 saturated carbocycles. The maximum Gasteiger partial charge on any atom is 0.0887 e. The molecule has 0 aliphatic carbocycles. The Morgan fingerprint density at radius 1 is 1.39 bits per heavy atom. The molecule has 1 aliphatic rings. The third-order valence-electron chi connectivity index (χ3n) is 3.47. The number of aryl methyl sites for hydroxylation is 1. The first-order chi connectivity index (χ1) is 8.88. The molecule has 0 radical (unpaired) electrons. The Hall–Kier alpha value is -1.68. The zero-order valence-corrected chi connectivity index (χ0v) is 10.6. The van der Waals surface area contributed by atoms with E-state index in [0.29, 0.717) is 6.04 Å². The number of pyridine rings is 1. The first-order valence-electron chi connectivity index (χ1n) is 6.61. The molecule has 2 aromatic heterocycles. The van der Waals surface area contributed by atoms with Crippen LogP contribution in [0.1, 0.15) is 31.5 Å². The first-order valence-corrected chi connectivity index (χ1v) is 6.61. The van der Waals surface area contributed by atoms with E-state index in [9.17, 15) is 0 Å². The van der Waals surface area contributed by atoms with Crippen LogP contribution in [-0.2, 0) is 6.54 Å². The lowest BCUT2D eigenvalue weighted by molar-refractivity contribution is 0.626. The van der Waals surface area contributed by atoms with Crippen LogP contribution in [0.15, 0.2) is 30.5 Å². The van der Waals surface area contributed by atoms with E-state index >= 15 is 0 Å². The van der Waals surface area contributed by atoms with Gasteiger partial charge in [0.2, 0.25) is 0 Å². The second-order valence-electron chi connectivity index (χ2n) is 4.63. The smallest absolute Gasteiger partial charge is 0.0887 e. The van der Waals surface area contributed by atoms with Crippen molar-refractivity contribution in [3.8, 4) is 11.4 Å². The van der Waals surface area contributed by atoms with Crippen molar-refractivity contribution in [3.63, 3.8) is 0 Å². The van der Waals surface area contributed by atoms with Gasteiger partial charge in [0.25, 0.3) is 0 Å². The predicted molar refractivity (Wildman–Crippen MR) is 71.1 cm³/mol. The Balaban J connectivity index is 1.95. The van der Waals surface area contributed by atoms with Crippen LogP contribution in [0.25, 0.3) is 11.4 Å². The van der Waals surface area contributed by atoms with Crippen molar-refractivity contribution < 1.29 is 0 Å². The van der Waals surface area contributed by atoms with Crippen LogP contribution in [0.3, 0.4) is 0 Å². The van der Waals surface area contributed by atoms with Crippen LogP contribution in [0, 0.1) is 0 Å². The summed E-state index contributed by atoms with van der Waals surface area (Å²) in [4.78, 5) is 4.78. The molecule has 3 heterocycles. The van der Waals surface area contributed by atoms with Crippen molar-refractivity contribution in [1.29, 1.82) is 0 Å². The third kappa shape index (κ3) is 2.04. The monoisotopic (exact) mass is 242 g/mol. The number of hydrogen-bond donors (Lipinski definition) is 1. The highest BCUT2D eigenvalue weighted by Gasteiger charge is 2.18. The molecule has 0 amide bonds. The minimum Gasteiger partial charge on any atom is -0.309 e. The van der Waals surface area contributed by atoms with Gasteiger partial charge in [-0.05, 0) is 44.5 Å². The summed E-state index contributed by atoms with van der Waals surface area (Å²) >= 11 is 0. The van der Waals surface area contributed by atoms with Gasteiger partial charge in [-0.2, -0.15) is 5.10 Å². The van der Waals surface area contributed by atoms with Crippen LogP contribution in [0.5, 0.6) is 0 Å². The molecular weight excluding hydrogens is 224 g/mol. The fraction of sp³-hybridized carbons (Fsp3) is 0.429. The molecule has 1 N–H and O–H groups in total. The SMILES string of the molecule is CCn1nccc1-c1cccc(C2CCCN2)n1. The molecule has 4 nitrogen and oxygen atoms in total. The molecule has 2 aromatic rings. The van der Waals surface area contributed by atoms with Crippen LogP contribution in [-0.4, -0.2) is 21.3 Å². The number of rotatable bonds is 3. The van der Waals surface area contributed by atoms with E-state index in [2.05, 4.69) is 35.5 Å². The van der Waals surface area contributed by atoms with E-state index in [1.54, 1.807) is 0 Å². The Morgan fingerprint density at radius 3 is 3.11 bits per heavy atom. The maximum absolute atomic E-state index is 4.78. The first kappa shape index (κ1) is 11.4. The van der Waals surface area contributed by atoms with Crippen molar-refractivity contribution in [2.75, 3.05) is 6.54 Å². The fourth-order valence-corrected chi connectivity index (χ4v) is 2.53. The van der Waals surface area contributed by atoms with E-state index in [4.69, 9.17) is 4.98 Å². The molecule has 94 valence electrons. The second-order valence-corrected chi connectivity index (χ2v) is 4.63. The zero-order valence-electron chi connectivity index (χ0n) is 10.6. The third-order valence-corrected chi connectivity index (χ3v) is 3.47. The Bertz CT molecular complexity index is 526. The highest BCUT2D eigenvalue weighted by molar-refractivity contribution is 5.54. The van der Waals surface area contributed by atoms with E-state index in [1.807, 2.05) is 16.9 Å². The van der Waals surface area contributed by atoms with Crippen molar-refractivity contribution in [2.24, 2.45) is 0 Å². The summed E-state index contributed by atoms with van der Waals surface area (Å²) in [7, 11) is 0. The standard InChI is InChI=1S/C14H18N4/c1-2-18-14(8-10-16-18)13-6-3-5-12(17-13)11-7-4-9-15-11/h3,5-6,8,10-11,15H,2,4,7,9H2,1H3. The molecule has 1 unspecified atom stereocenters. The van der Waals surface area contributed by atoms with Gasteiger partial charge in [-0.15, -0.1) is 0 Å². The van der Waals surface area contributed by atoms with Gasteiger partial charge in [-0.25, -0.2) is 4.98 Å². The Morgan fingerprint density at radius 2 is 2.33 bits per heavy atom. The largest absolute Gasteiger partial charge is 0.309 e. The van der Waals surface area contributed by atoms with Gasteiger partial charge < -0.3 is 5.32 Å². The minimum atomic E-state index is 0.419. The summed E-state index contributed by atoms with van der Waals surface area (Å²) in [5, 5.41) is 7.79. The number of aromatic nitrogens is 3. The summed E-state index contributed by atoms with van der Waals surface area (Å²) < 4.78 is 1.98. The average molecular weight is 242 g/mol. The summed E-state index contributed by atoms with van der Waals surface area (Å²) in [5.41, 5.74) is 3.26. The van der Waals surface area contributed by atoms with Crippen LogP contribution in [0.4, 0.5) is 0 Å². The molecule has 4 heteroatoms. The van der Waals surface area contributed by atoms with Gasteiger partial charge in [-0.3, -0.25) is 4.68 Å². The van der Waals surface area contributed by atoms with Gasteiger partial charge in [0.05, 0.1) is 17.1 Å². The van der Waals surface area contributed by atoms with E-state index in [-0.39, 0.29) is 0 Å². The van der Waals surface area contributed by atoms with Gasteiger partial charge in [0.1, 0.15) is 0 Å². The van der Waals surface area contributed by atoms with Crippen molar-refractivity contribution >= 4 is 0 Å². The number of hydrogen-bond acceptors (Lipinski definition) is 3. The molecule has 0 spiro atoms. The van der Waals surface area contributed by atoms with Crippen molar-refractivity contribution in [2.45, 2.75) is 32.4 Å².